The van der Waals surface area contributed by atoms with Crippen molar-refractivity contribution >= 4 is 22.5 Å². The monoisotopic (exact) mass is 470 g/mol. The van der Waals surface area contributed by atoms with Gasteiger partial charge in [-0.2, -0.15) is 0 Å². The molecule has 0 radical (unpaired) electrons. The lowest BCUT2D eigenvalue weighted by Crippen LogP contribution is -2.76. The highest BCUT2D eigenvalue weighted by atomic mass is 29.6. The van der Waals surface area contributed by atoms with Gasteiger partial charge in [0.25, 0.3) is 0 Å². The third-order valence-electron chi connectivity index (χ3n) is 8.78. The molecule has 180 valence electrons. The molecule has 1 unspecified atom stereocenters. The minimum atomic E-state index is -1.43. The molecule has 0 aromatic carbocycles. The van der Waals surface area contributed by atoms with Crippen molar-refractivity contribution in [3.63, 3.8) is 0 Å². The number of unbranched alkanes of at least 4 members (excludes halogenated alkanes) is 15. The van der Waals surface area contributed by atoms with Crippen LogP contribution < -0.4 is 0 Å². The normalized spacial score (nSPS) is 22.3. The molecule has 1 aliphatic rings. The Morgan fingerprint density at radius 2 is 0.933 bits per heavy atom. The van der Waals surface area contributed by atoms with E-state index < -0.39 is 22.5 Å². The maximum atomic E-state index is 6.78. The van der Waals surface area contributed by atoms with E-state index in [1.807, 2.05) is 0 Å². The molecule has 1 atom stereocenters. The van der Waals surface area contributed by atoms with Crippen LogP contribution in [-0.4, -0.2) is 28.6 Å². The Kier molecular flexibility index (Phi) is 14.0. The molecule has 0 aliphatic carbocycles. The van der Waals surface area contributed by atoms with Crippen LogP contribution in [0.1, 0.15) is 116 Å². The van der Waals surface area contributed by atoms with Crippen molar-refractivity contribution in [2.24, 2.45) is 0 Å². The van der Waals surface area contributed by atoms with Crippen LogP contribution in [0.2, 0.25) is 45.3 Å². The summed E-state index contributed by atoms with van der Waals surface area (Å²) < 4.78 is 6.78. The largest absolute Gasteiger partial charge is 0.418 e. The summed E-state index contributed by atoms with van der Waals surface area (Å²) in [5.74, 6) is 0. The first kappa shape index (κ1) is 28.6. The van der Waals surface area contributed by atoms with Crippen LogP contribution in [0.3, 0.4) is 0 Å². The Morgan fingerprint density at radius 1 is 0.567 bits per heavy atom. The zero-order valence-corrected chi connectivity index (χ0v) is 25.2. The Balaban J connectivity index is 1.94. The lowest BCUT2D eigenvalue weighted by atomic mass is 10.0. The van der Waals surface area contributed by atoms with Crippen LogP contribution in [0.25, 0.3) is 0 Å². The minimum absolute atomic E-state index is 0.612. The quantitative estimate of drug-likeness (QED) is 0.152. The van der Waals surface area contributed by atoms with Gasteiger partial charge in [-0.15, -0.1) is 0 Å². The predicted molar refractivity (Wildman–Crippen MR) is 146 cm³/mol. The average Bonchev–Trinajstić information content (AvgIpc) is 2.65. The second-order valence-corrected chi connectivity index (χ2v) is 39.4. The predicted octanol–water partition coefficient (Wildman–Crippen LogP) is 9.82. The molecule has 0 spiro atoms. The standard InChI is InChI=1S/C26H58OSi3/c1-8-9-10-11-12-13-14-15-16-17-18-19-20-21-22-23-24-26-25-28(2,3)30(6,7)29(4,5)27-26/h26H,8-25H2,1-7H3. The maximum Gasteiger partial charge on any atom is 0.171 e. The average molecular weight is 471 g/mol. The molecule has 30 heavy (non-hydrogen) atoms. The van der Waals surface area contributed by atoms with E-state index in [1.165, 1.54) is 115 Å². The van der Waals surface area contributed by atoms with E-state index in [9.17, 15) is 0 Å². The summed E-state index contributed by atoms with van der Waals surface area (Å²) >= 11 is 0. The van der Waals surface area contributed by atoms with Gasteiger partial charge < -0.3 is 4.43 Å². The van der Waals surface area contributed by atoms with E-state index in [-0.39, 0.29) is 0 Å². The second-order valence-electron chi connectivity index (χ2n) is 12.1. The van der Waals surface area contributed by atoms with Gasteiger partial charge in [-0.3, -0.25) is 0 Å². The van der Waals surface area contributed by atoms with Gasteiger partial charge in [0.05, 0.1) is 7.11 Å². The van der Waals surface area contributed by atoms with Crippen LogP contribution in [0.15, 0.2) is 0 Å². The van der Waals surface area contributed by atoms with Crippen molar-refractivity contribution in [2.45, 2.75) is 168 Å². The number of rotatable bonds is 17. The molecule has 0 N–H and O–H groups in total. The Bertz CT molecular complexity index is 414. The molecular weight excluding hydrogens is 413 g/mol. The number of hydrogen-bond donors (Lipinski definition) is 0. The molecule has 1 fully saturated rings. The highest BCUT2D eigenvalue weighted by molar-refractivity contribution is 7.67. The molecule has 0 aromatic rings. The molecule has 1 nitrogen and oxygen atoms in total. The first-order valence-corrected chi connectivity index (χ1v) is 24.9. The van der Waals surface area contributed by atoms with Crippen molar-refractivity contribution in [3.05, 3.63) is 0 Å². The first-order chi connectivity index (χ1) is 14.1. The highest BCUT2D eigenvalue weighted by Crippen LogP contribution is 2.40. The maximum absolute atomic E-state index is 6.78. The van der Waals surface area contributed by atoms with Gasteiger partial charge in [-0.05, 0) is 25.6 Å². The fraction of sp³-hybridized carbons (Fsp3) is 1.00. The van der Waals surface area contributed by atoms with Crippen LogP contribution >= 0.6 is 0 Å². The summed E-state index contributed by atoms with van der Waals surface area (Å²) in [4.78, 5) is 0. The van der Waals surface area contributed by atoms with Gasteiger partial charge in [-0.25, -0.2) is 0 Å². The van der Waals surface area contributed by atoms with Gasteiger partial charge >= 0.3 is 0 Å². The van der Waals surface area contributed by atoms with Gasteiger partial charge in [0.2, 0.25) is 0 Å². The van der Waals surface area contributed by atoms with Gasteiger partial charge in [0.15, 0.2) is 7.83 Å². The zero-order chi connectivity index (χ0) is 22.5. The fourth-order valence-corrected chi connectivity index (χ4v) is 35.0. The SMILES string of the molecule is CCCCCCCCCCCCCCCCCCC1C[Si](C)(C)[Si](C)(C)[Si](C)(C)O1. The third-order valence-corrected chi connectivity index (χ3v) is 49.2. The summed E-state index contributed by atoms with van der Waals surface area (Å²) in [6.07, 6.45) is 25.3. The Morgan fingerprint density at radius 3 is 1.30 bits per heavy atom. The van der Waals surface area contributed by atoms with Crippen molar-refractivity contribution < 1.29 is 4.43 Å². The third kappa shape index (κ3) is 10.0. The highest BCUT2D eigenvalue weighted by Gasteiger charge is 2.58. The molecule has 1 saturated heterocycles. The molecule has 0 saturated carbocycles. The fourth-order valence-electron chi connectivity index (χ4n) is 5.33. The topological polar surface area (TPSA) is 9.23 Å². The molecule has 0 bridgehead atoms. The molecule has 1 heterocycles. The zero-order valence-electron chi connectivity index (χ0n) is 22.2. The van der Waals surface area contributed by atoms with E-state index in [1.54, 1.807) is 0 Å². The summed E-state index contributed by atoms with van der Waals surface area (Å²) in [6.45, 7) is 18.0. The first-order valence-electron chi connectivity index (χ1n) is 13.8. The molecule has 4 heteroatoms. The summed E-state index contributed by atoms with van der Waals surface area (Å²) in [5, 5.41) is 0. The summed E-state index contributed by atoms with van der Waals surface area (Å²) in [7, 11) is -3.60. The van der Waals surface area contributed by atoms with Gasteiger partial charge in [-0.1, -0.05) is 136 Å². The van der Waals surface area contributed by atoms with E-state index in [0.717, 1.165) is 0 Å². The Labute approximate surface area is 194 Å². The second kappa shape index (κ2) is 14.7. The molecule has 0 aromatic heterocycles. The van der Waals surface area contributed by atoms with Crippen molar-refractivity contribution in [2.75, 3.05) is 0 Å². The smallest absolute Gasteiger partial charge is 0.171 e. The van der Waals surface area contributed by atoms with Gasteiger partial charge in [0, 0.05) is 13.7 Å². The van der Waals surface area contributed by atoms with Crippen molar-refractivity contribution in [1.29, 1.82) is 0 Å². The lowest BCUT2D eigenvalue weighted by molar-refractivity contribution is 0.199. The van der Waals surface area contributed by atoms with E-state index >= 15 is 0 Å². The van der Waals surface area contributed by atoms with Gasteiger partial charge in [0.1, 0.15) is 0 Å². The van der Waals surface area contributed by atoms with E-state index in [2.05, 4.69) is 46.2 Å². The van der Waals surface area contributed by atoms with E-state index in [4.69, 9.17) is 4.43 Å². The Hall–Kier alpha value is 0.611. The summed E-state index contributed by atoms with van der Waals surface area (Å²) in [5.41, 5.74) is 0. The van der Waals surface area contributed by atoms with Crippen LogP contribution in [0, 0.1) is 0 Å². The molecular formula is C26H58OSi3. The van der Waals surface area contributed by atoms with E-state index in [0.29, 0.717) is 6.10 Å². The molecule has 1 rings (SSSR count). The van der Waals surface area contributed by atoms with Crippen LogP contribution in [0.4, 0.5) is 0 Å². The van der Waals surface area contributed by atoms with Crippen molar-refractivity contribution in [1.82, 2.24) is 0 Å². The summed E-state index contributed by atoms with van der Waals surface area (Å²) in [6, 6.07) is 1.45. The molecule has 0 amide bonds. The minimum Gasteiger partial charge on any atom is -0.418 e. The lowest BCUT2D eigenvalue weighted by Gasteiger charge is -2.54. The van der Waals surface area contributed by atoms with Crippen LogP contribution in [0.5, 0.6) is 0 Å². The van der Waals surface area contributed by atoms with Crippen molar-refractivity contribution in [3.8, 4) is 0 Å². The molecule has 1 aliphatic heterocycles. The number of hydrogen-bond acceptors (Lipinski definition) is 1. The van der Waals surface area contributed by atoms with Crippen LogP contribution in [-0.2, 0) is 4.43 Å².